The molecule has 258 valence electrons. The molecule has 0 bridgehead atoms. The van der Waals surface area contributed by atoms with E-state index in [1.807, 2.05) is 72.8 Å². The third-order valence-corrected chi connectivity index (χ3v) is 11.5. The van der Waals surface area contributed by atoms with E-state index in [1.54, 1.807) is 55.6 Å². The first-order valence-electron chi connectivity index (χ1n) is 15.5. The van der Waals surface area contributed by atoms with Crippen LogP contribution < -0.4 is 0 Å². The molecule has 0 saturated carbocycles. The van der Waals surface area contributed by atoms with E-state index in [2.05, 4.69) is 20.6 Å². The summed E-state index contributed by atoms with van der Waals surface area (Å²) in [7, 11) is 2.81. The minimum Gasteiger partial charge on any atom is -0.226 e. The molecule has 4 aromatic carbocycles. The maximum atomic E-state index is 6.46. The van der Waals surface area contributed by atoms with Crippen molar-refractivity contribution >= 4 is 68.0 Å². The van der Waals surface area contributed by atoms with Gasteiger partial charge < -0.3 is 0 Å². The minimum atomic E-state index is 0.386. The molecule has 0 aliphatic heterocycles. The van der Waals surface area contributed by atoms with Crippen molar-refractivity contribution in [3.8, 4) is 34.2 Å². The van der Waals surface area contributed by atoms with Crippen molar-refractivity contribution < 1.29 is 0 Å². The van der Waals surface area contributed by atoms with Crippen LogP contribution >= 0.6 is 68.0 Å². The van der Waals surface area contributed by atoms with Crippen molar-refractivity contribution in [2.75, 3.05) is 0 Å². The van der Waals surface area contributed by atoms with Crippen molar-refractivity contribution in [3.05, 3.63) is 141 Å². The van der Waals surface area contributed by atoms with Gasteiger partial charge in [0.1, 0.15) is 10.1 Å². The monoisotopic (exact) mass is 802 g/mol. The average molecular weight is 805 g/mol. The topological polar surface area (TPSA) is 123 Å². The molecule has 0 fully saturated rings. The predicted octanol–water partition coefficient (Wildman–Crippen LogP) is 8.87. The number of hydrogen-bond acceptors (Lipinski definition) is 10. The molecule has 52 heavy (non-hydrogen) atoms. The van der Waals surface area contributed by atoms with Gasteiger partial charge in [0, 0.05) is 0 Å². The number of halogens is 4. The summed E-state index contributed by atoms with van der Waals surface area (Å²) in [6.45, 7) is 0.909. The molecular formula is C34H22Cl4N12S2. The first kappa shape index (κ1) is 34.4. The second-order valence-electron chi connectivity index (χ2n) is 11.2. The normalized spacial score (nSPS) is 11.4. The third-order valence-electron chi connectivity index (χ3n) is 7.67. The number of nitrogens with zero attached hydrogens (tertiary/aromatic N) is 12. The molecule has 0 radical (unpaired) electrons. The highest BCUT2D eigenvalue weighted by atomic mass is 35.5. The second-order valence-corrected chi connectivity index (χ2v) is 14.9. The van der Waals surface area contributed by atoms with Gasteiger partial charge in [-0.15, -0.1) is 20.4 Å². The smallest absolute Gasteiger partial charge is 0.209 e. The minimum absolute atomic E-state index is 0.386. The summed E-state index contributed by atoms with van der Waals surface area (Å²) in [6.07, 6.45) is 3.40. The first-order chi connectivity index (χ1) is 25.4. The Balaban J connectivity index is 1.19. The molecule has 4 heterocycles. The quantitative estimate of drug-likeness (QED) is 0.117. The van der Waals surface area contributed by atoms with E-state index in [0.29, 0.717) is 77.4 Å². The van der Waals surface area contributed by atoms with Crippen LogP contribution in [0.15, 0.2) is 120 Å². The van der Waals surface area contributed by atoms with Gasteiger partial charge in [-0.25, -0.2) is 9.36 Å². The molecule has 8 rings (SSSR count). The molecule has 0 spiro atoms. The third kappa shape index (κ3) is 7.31. The van der Waals surface area contributed by atoms with Crippen LogP contribution in [0.5, 0.6) is 0 Å². The molecule has 8 aromatic rings. The highest BCUT2D eigenvalue weighted by Crippen LogP contribution is 2.46. The molecule has 0 atom stereocenters. The lowest BCUT2D eigenvalue weighted by Crippen LogP contribution is -2.03. The predicted molar refractivity (Wildman–Crippen MR) is 204 cm³/mol. The molecule has 18 heteroatoms. The van der Waals surface area contributed by atoms with Crippen LogP contribution in [-0.2, 0) is 13.1 Å². The van der Waals surface area contributed by atoms with Gasteiger partial charge in [-0.05, 0) is 79.5 Å². The second kappa shape index (κ2) is 15.1. The fraction of sp³-hybridized carbons (Fsp3) is 0.0588. The van der Waals surface area contributed by atoms with Gasteiger partial charge in [0.05, 0.1) is 68.1 Å². The van der Waals surface area contributed by atoms with Gasteiger partial charge in [-0.1, -0.05) is 107 Å². The lowest BCUT2D eigenvalue weighted by Gasteiger charge is -2.11. The molecule has 12 nitrogen and oxygen atoms in total. The largest absolute Gasteiger partial charge is 0.226 e. The number of rotatable bonds is 11. The number of hydrogen-bond donors (Lipinski definition) is 0. The molecule has 0 aliphatic carbocycles. The van der Waals surface area contributed by atoms with Crippen molar-refractivity contribution in [2.24, 2.45) is 0 Å². The maximum Gasteiger partial charge on any atom is 0.209 e. The zero-order valence-electron chi connectivity index (χ0n) is 26.5. The van der Waals surface area contributed by atoms with E-state index >= 15 is 0 Å². The first-order valence-corrected chi connectivity index (χ1v) is 19.1. The van der Waals surface area contributed by atoms with Crippen LogP contribution in [0.4, 0.5) is 0 Å². The Hall–Kier alpha value is -4.70. The molecule has 0 N–H and O–H groups in total. The van der Waals surface area contributed by atoms with Gasteiger partial charge in [0.2, 0.25) is 11.6 Å². The average Bonchev–Trinajstić information content (AvgIpc) is 3.97. The Labute approximate surface area is 324 Å². The van der Waals surface area contributed by atoms with Crippen molar-refractivity contribution in [2.45, 2.75) is 23.1 Å². The van der Waals surface area contributed by atoms with Crippen LogP contribution in [0.1, 0.15) is 11.1 Å². The van der Waals surface area contributed by atoms with Crippen molar-refractivity contribution in [3.63, 3.8) is 0 Å². The number of aromatic nitrogens is 12. The maximum absolute atomic E-state index is 6.46. The Kier molecular flexibility index (Phi) is 9.99. The van der Waals surface area contributed by atoms with E-state index in [0.717, 1.165) is 11.1 Å². The Bertz CT molecular complexity index is 2330. The molecule has 0 aliphatic rings. The molecule has 0 saturated heterocycles. The highest BCUT2D eigenvalue weighted by molar-refractivity contribution is 8.76. The fourth-order valence-electron chi connectivity index (χ4n) is 5.15. The van der Waals surface area contributed by atoms with Crippen molar-refractivity contribution in [1.82, 2.24) is 60.0 Å². The summed E-state index contributed by atoms with van der Waals surface area (Å²) < 4.78 is 3.50. The van der Waals surface area contributed by atoms with Crippen LogP contribution in [0, 0.1) is 0 Å². The molecule has 0 amide bonds. The summed E-state index contributed by atoms with van der Waals surface area (Å²) in [5.74, 6) is 0.795. The van der Waals surface area contributed by atoms with Gasteiger partial charge in [-0.2, -0.15) is 19.8 Å². The van der Waals surface area contributed by atoms with Gasteiger partial charge in [0.25, 0.3) is 0 Å². The van der Waals surface area contributed by atoms with Crippen LogP contribution in [0.3, 0.4) is 0 Å². The Morgan fingerprint density at radius 1 is 0.500 bits per heavy atom. The van der Waals surface area contributed by atoms with E-state index in [9.17, 15) is 0 Å². The number of tetrazole rings is 2. The van der Waals surface area contributed by atoms with Crippen LogP contribution in [0.25, 0.3) is 34.2 Å². The fourth-order valence-corrected chi connectivity index (χ4v) is 8.24. The molecule has 0 unspecified atom stereocenters. The molecular weight excluding hydrogens is 782 g/mol. The standard InChI is InChI=1S/C34H22Cl4N12S2/c35-27-13-11-23(15-29(27)37)49-33(25(17-39-49)31-41-45-47(43-31)19-21-7-3-1-4-8-21)51-52-34-26(18-40-50(34)24-12-14-28(36)30(38)16-24)32-42-46-48(44-32)20-22-9-5-2-6-10-22/h1-18H,19-20H2. The lowest BCUT2D eigenvalue weighted by molar-refractivity contribution is 0.573. The van der Waals surface area contributed by atoms with E-state index in [-0.39, 0.29) is 0 Å². The summed E-state index contributed by atoms with van der Waals surface area (Å²) in [5, 5.41) is 39.3. The Morgan fingerprint density at radius 3 is 1.33 bits per heavy atom. The zero-order chi connectivity index (χ0) is 35.6. The van der Waals surface area contributed by atoms with Crippen LogP contribution in [0.2, 0.25) is 20.1 Å². The zero-order valence-corrected chi connectivity index (χ0v) is 31.2. The summed E-state index contributed by atoms with van der Waals surface area (Å²) in [4.78, 5) is 3.09. The van der Waals surface area contributed by atoms with Gasteiger partial charge in [-0.3, -0.25) is 0 Å². The van der Waals surface area contributed by atoms with Crippen molar-refractivity contribution in [1.29, 1.82) is 0 Å². The van der Waals surface area contributed by atoms with E-state index in [1.165, 1.54) is 21.6 Å². The highest BCUT2D eigenvalue weighted by Gasteiger charge is 2.24. The summed E-state index contributed by atoms with van der Waals surface area (Å²) in [5.41, 5.74) is 4.75. The van der Waals surface area contributed by atoms with Gasteiger partial charge in [0.15, 0.2) is 0 Å². The summed E-state index contributed by atoms with van der Waals surface area (Å²) in [6, 6.07) is 30.4. The Morgan fingerprint density at radius 2 is 0.923 bits per heavy atom. The SMILES string of the molecule is Clc1ccc(-n2ncc(-c3nnn(Cc4ccccc4)n3)c2SSc2c(-c3nnn(Cc4ccccc4)n3)cnn2-c2ccc(Cl)c(Cl)c2)cc1Cl. The number of benzene rings is 4. The summed E-state index contributed by atoms with van der Waals surface area (Å²) >= 11 is 25.5. The van der Waals surface area contributed by atoms with E-state index in [4.69, 9.17) is 66.8 Å². The molecule has 4 aromatic heterocycles. The van der Waals surface area contributed by atoms with Crippen LogP contribution in [-0.4, -0.2) is 60.0 Å². The lowest BCUT2D eigenvalue weighted by atomic mass is 10.2. The van der Waals surface area contributed by atoms with E-state index < -0.39 is 0 Å². The van der Waals surface area contributed by atoms with Gasteiger partial charge >= 0.3 is 0 Å².